The minimum Gasteiger partial charge on any atom is -0.507 e. The summed E-state index contributed by atoms with van der Waals surface area (Å²) in [7, 11) is 5.82. The summed E-state index contributed by atoms with van der Waals surface area (Å²) in [6.07, 6.45) is 6.22. The molecule has 1 aromatic carbocycles. The summed E-state index contributed by atoms with van der Waals surface area (Å²) in [6, 6.07) is 3.79. The van der Waals surface area contributed by atoms with Crippen molar-refractivity contribution in [3.8, 4) is 17.0 Å². The molecular formula is C23H26N4O3. The van der Waals surface area contributed by atoms with Gasteiger partial charge in [0.2, 0.25) is 11.6 Å². The zero-order valence-electron chi connectivity index (χ0n) is 17.4. The first kappa shape index (κ1) is 20.1. The number of Topliss-reactive ketones (excluding diaryl/α,β-unsaturated/α-hetero) is 1. The number of hydrogen-bond acceptors (Lipinski definition) is 5. The fourth-order valence-corrected chi connectivity index (χ4v) is 4.05. The molecule has 0 bridgehead atoms. The molecule has 1 aliphatic rings. The van der Waals surface area contributed by atoms with Gasteiger partial charge in [-0.3, -0.25) is 9.59 Å². The van der Waals surface area contributed by atoms with E-state index in [9.17, 15) is 14.7 Å². The van der Waals surface area contributed by atoms with Crippen molar-refractivity contribution < 1.29 is 14.7 Å². The number of rotatable bonds is 7. The lowest BCUT2D eigenvalue weighted by Gasteiger charge is -2.13. The summed E-state index contributed by atoms with van der Waals surface area (Å²) >= 11 is 0. The Balaban J connectivity index is 1.90. The van der Waals surface area contributed by atoms with Crippen molar-refractivity contribution in [2.75, 3.05) is 34.2 Å². The van der Waals surface area contributed by atoms with E-state index in [2.05, 4.69) is 15.3 Å². The Morgan fingerprint density at radius 2 is 1.93 bits per heavy atom. The Morgan fingerprint density at radius 3 is 2.67 bits per heavy atom. The van der Waals surface area contributed by atoms with Crippen LogP contribution in [0.2, 0.25) is 0 Å². The Kier molecular flexibility index (Phi) is 5.32. The minimum absolute atomic E-state index is 0.173. The number of fused-ring (bicyclic) bond motifs is 2. The molecule has 7 heteroatoms. The molecule has 3 aromatic rings. The molecule has 0 saturated heterocycles. The van der Waals surface area contributed by atoms with Crippen molar-refractivity contribution in [1.82, 2.24) is 20.2 Å². The van der Waals surface area contributed by atoms with Gasteiger partial charge in [-0.05, 0) is 75.9 Å². The van der Waals surface area contributed by atoms with Crippen LogP contribution < -0.4 is 5.32 Å². The fraction of sp³-hybridized carbons (Fsp3) is 0.304. The predicted octanol–water partition coefficient (Wildman–Crippen LogP) is 2.51. The molecule has 0 fully saturated rings. The maximum atomic E-state index is 12.6. The number of carbonyl (C=O) groups is 2. The van der Waals surface area contributed by atoms with Gasteiger partial charge in [0.15, 0.2) is 0 Å². The number of benzene rings is 1. The van der Waals surface area contributed by atoms with Crippen LogP contribution in [0.4, 0.5) is 0 Å². The molecule has 0 saturated carbocycles. The first-order valence-corrected chi connectivity index (χ1v) is 10.1. The lowest BCUT2D eigenvalue weighted by atomic mass is 9.93. The van der Waals surface area contributed by atoms with Gasteiger partial charge in [0, 0.05) is 29.2 Å². The van der Waals surface area contributed by atoms with Crippen LogP contribution in [-0.2, 0) is 17.6 Å². The van der Waals surface area contributed by atoms with Gasteiger partial charge in [-0.1, -0.05) is 0 Å². The first-order chi connectivity index (χ1) is 14.4. The Hall–Kier alpha value is -3.16. The number of nitrogens with zero attached hydrogens (tertiary/aromatic N) is 1. The van der Waals surface area contributed by atoms with E-state index >= 15 is 0 Å². The Labute approximate surface area is 174 Å². The third kappa shape index (κ3) is 3.36. The number of aromatic nitrogens is 2. The molecule has 1 aliphatic carbocycles. The molecule has 4 rings (SSSR count). The van der Waals surface area contributed by atoms with E-state index in [1.165, 1.54) is 6.08 Å². The number of nitrogens with one attached hydrogen (secondary N) is 3. The second-order valence-electron chi connectivity index (χ2n) is 7.90. The van der Waals surface area contributed by atoms with Gasteiger partial charge in [0.05, 0.1) is 17.0 Å². The zero-order chi connectivity index (χ0) is 21.4. The number of H-pyrrole nitrogens is 2. The number of likely N-dealkylation sites (N-methyl/N-ethyl adjacent to an activating group) is 2. The summed E-state index contributed by atoms with van der Waals surface area (Å²) in [6.45, 7) is 1.51. The first-order valence-electron chi connectivity index (χ1n) is 10.1. The molecule has 30 heavy (non-hydrogen) atoms. The number of aromatic amines is 2. The van der Waals surface area contributed by atoms with Gasteiger partial charge < -0.3 is 25.3 Å². The van der Waals surface area contributed by atoms with E-state index in [1.54, 1.807) is 6.08 Å². The number of phenols is 1. The molecule has 0 atom stereocenters. The monoisotopic (exact) mass is 406 g/mol. The minimum atomic E-state index is -0.515. The highest BCUT2D eigenvalue weighted by atomic mass is 16.3. The maximum Gasteiger partial charge on any atom is 0.235 e. The van der Waals surface area contributed by atoms with E-state index in [0.29, 0.717) is 35.5 Å². The molecule has 0 spiro atoms. The van der Waals surface area contributed by atoms with Crippen LogP contribution >= 0.6 is 0 Å². The third-order valence-corrected chi connectivity index (χ3v) is 5.61. The normalized spacial score (nSPS) is 13.6. The molecule has 0 amide bonds. The molecule has 0 aliphatic heterocycles. The van der Waals surface area contributed by atoms with Crippen LogP contribution in [-0.4, -0.2) is 65.8 Å². The molecule has 7 nitrogen and oxygen atoms in total. The van der Waals surface area contributed by atoms with Gasteiger partial charge in [-0.15, -0.1) is 0 Å². The van der Waals surface area contributed by atoms with Crippen molar-refractivity contribution in [1.29, 1.82) is 0 Å². The fourth-order valence-electron chi connectivity index (χ4n) is 4.05. The van der Waals surface area contributed by atoms with E-state index in [1.807, 2.05) is 44.4 Å². The summed E-state index contributed by atoms with van der Waals surface area (Å²) in [5, 5.41) is 15.1. The lowest BCUT2D eigenvalue weighted by Crippen LogP contribution is -2.20. The van der Waals surface area contributed by atoms with Crippen LogP contribution in [0.3, 0.4) is 0 Å². The molecule has 2 heterocycles. The van der Waals surface area contributed by atoms with E-state index in [-0.39, 0.29) is 5.75 Å². The van der Waals surface area contributed by atoms with E-state index in [0.717, 1.165) is 35.0 Å². The summed E-state index contributed by atoms with van der Waals surface area (Å²) in [5.74, 6) is -0.841. The molecule has 0 unspecified atom stereocenters. The van der Waals surface area contributed by atoms with Gasteiger partial charge in [0.25, 0.3) is 0 Å². The molecule has 4 N–H and O–H groups in total. The van der Waals surface area contributed by atoms with Gasteiger partial charge in [0.1, 0.15) is 5.75 Å². The van der Waals surface area contributed by atoms with E-state index < -0.39 is 11.6 Å². The number of phenolic OH excluding ortho intramolecular Hbond substituents is 1. The van der Waals surface area contributed by atoms with Crippen LogP contribution in [0.5, 0.6) is 5.75 Å². The number of carbonyl (C=O) groups excluding carboxylic acids is 2. The maximum absolute atomic E-state index is 12.6. The van der Waals surface area contributed by atoms with Crippen LogP contribution in [0, 0.1) is 0 Å². The molecule has 0 radical (unpaired) electrons. The van der Waals surface area contributed by atoms with Crippen molar-refractivity contribution in [2.45, 2.75) is 12.8 Å². The summed E-state index contributed by atoms with van der Waals surface area (Å²) in [5.41, 5.74) is 5.01. The van der Waals surface area contributed by atoms with Crippen molar-refractivity contribution in [2.24, 2.45) is 0 Å². The standard InChI is InChI=1S/C23H26N4O3/c1-24-10-8-13-12-25-16-5-4-15(22(29)19(13)16)21-14(9-11-27(2)3)20-17(26-21)6-7-18(28)23(20)30/h4-7,12,24-26,29H,8-11H2,1-3H3. The quantitative estimate of drug-likeness (QED) is 0.452. The Bertz CT molecular complexity index is 1170. The second-order valence-corrected chi connectivity index (χ2v) is 7.90. The molecule has 2 aromatic heterocycles. The average Bonchev–Trinajstić information content (AvgIpc) is 3.30. The van der Waals surface area contributed by atoms with Crippen LogP contribution in [0.15, 0.2) is 24.4 Å². The average molecular weight is 406 g/mol. The zero-order valence-corrected chi connectivity index (χ0v) is 17.4. The molecule has 156 valence electrons. The summed E-state index contributed by atoms with van der Waals surface area (Å²) in [4.78, 5) is 33.2. The highest BCUT2D eigenvalue weighted by molar-refractivity contribution is 6.50. The van der Waals surface area contributed by atoms with Crippen molar-refractivity contribution in [3.05, 3.63) is 46.8 Å². The van der Waals surface area contributed by atoms with Crippen LogP contribution in [0.1, 0.15) is 27.2 Å². The second kappa shape index (κ2) is 7.93. The number of hydrogen-bond donors (Lipinski definition) is 4. The van der Waals surface area contributed by atoms with Crippen molar-refractivity contribution in [3.63, 3.8) is 0 Å². The number of allylic oxidation sites excluding steroid dienone is 1. The predicted molar refractivity (Wildman–Crippen MR) is 118 cm³/mol. The Morgan fingerprint density at radius 1 is 1.13 bits per heavy atom. The van der Waals surface area contributed by atoms with Gasteiger partial charge >= 0.3 is 0 Å². The van der Waals surface area contributed by atoms with Gasteiger partial charge in [-0.25, -0.2) is 0 Å². The smallest absolute Gasteiger partial charge is 0.235 e. The molecular weight excluding hydrogens is 380 g/mol. The highest BCUT2D eigenvalue weighted by Crippen LogP contribution is 2.41. The van der Waals surface area contributed by atoms with Gasteiger partial charge in [-0.2, -0.15) is 0 Å². The number of ketones is 2. The van der Waals surface area contributed by atoms with Crippen molar-refractivity contribution >= 4 is 28.5 Å². The van der Waals surface area contributed by atoms with Crippen LogP contribution in [0.25, 0.3) is 28.2 Å². The lowest BCUT2D eigenvalue weighted by molar-refractivity contribution is -0.110. The topological polar surface area (TPSA) is 101 Å². The third-order valence-electron chi connectivity index (χ3n) is 5.61. The van der Waals surface area contributed by atoms with E-state index in [4.69, 9.17) is 0 Å². The number of aromatic hydroxyl groups is 1. The highest BCUT2D eigenvalue weighted by Gasteiger charge is 2.30. The summed E-state index contributed by atoms with van der Waals surface area (Å²) < 4.78 is 0. The largest absolute Gasteiger partial charge is 0.507 e. The SMILES string of the molecule is CNCCc1c[nH]c2ccc(-c3[nH]c4c(c3CCN(C)C)C(=O)C(=O)C=C4)c(O)c12.